The number of ether oxygens (including phenoxy) is 1. The maximum Gasteiger partial charge on any atom is 0.252 e. The number of benzene rings is 1. The van der Waals surface area contributed by atoms with Gasteiger partial charge in [-0.2, -0.15) is 0 Å². The number of methoxy groups -OCH3 is 1. The molecule has 2 aromatic rings. The van der Waals surface area contributed by atoms with Crippen molar-refractivity contribution >= 4 is 28.8 Å². The minimum Gasteiger partial charge on any atom is -0.495 e. The van der Waals surface area contributed by atoms with Crippen molar-refractivity contribution in [2.24, 2.45) is 0 Å². The number of hydrogen-bond donors (Lipinski definition) is 1. The Morgan fingerprint density at radius 3 is 2.80 bits per heavy atom. The maximum atomic E-state index is 12.3. The quantitative estimate of drug-likeness (QED) is 0.940. The smallest absolute Gasteiger partial charge is 0.252 e. The lowest BCUT2D eigenvalue weighted by molar-refractivity contribution is 0.0911. The Bertz CT molecular complexity index is 612. The number of hydrogen-bond acceptors (Lipinski definition) is 4. The molecule has 1 aromatic heterocycles. The van der Waals surface area contributed by atoms with Crippen molar-refractivity contribution in [3.8, 4) is 5.75 Å². The fourth-order valence-electron chi connectivity index (χ4n) is 1.74. The summed E-state index contributed by atoms with van der Waals surface area (Å²) in [6, 6.07) is 4.93. The molecule has 20 heavy (non-hydrogen) atoms. The molecule has 0 fully saturated rings. The molecule has 0 saturated carbocycles. The standard InChI is InChI=1S/C14H15ClN2O2S/c1-14(2,13-16-6-7-20-13)17-12(18)9-4-5-10(15)11(8-9)19-3/h4-8H,1-3H3,(H,17,18). The summed E-state index contributed by atoms with van der Waals surface area (Å²) in [7, 11) is 1.52. The Labute approximate surface area is 126 Å². The van der Waals surface area contributed by atoms with E-state index < -0.39 is 5.54 Å². The van der Waals surface area contributed by atoms with Gasteiger partial charge in [0.05, 0.1) is 17.7 Å². The molecule has 0 atom stereocenters. The van der Waals surface area contributed by atoms with Gasteiger partial charge in [-0.05, 0) is 32.0 Å². The summed E-state index contributed by atoms with van der Waals surface area (Å²) >= 11 is 7.46. The van der Waals surface area contributed by atoms with Gasteiger partial charge in [0, 0.05) is 17.1 Å². The molecular formula is C14H15ClN2O2S. The van der Waals surface area contributed by atoms with E-state index in [2.05, 4.69) is 10.3 Å². The van der Waals surface area contributed by atoms with E-state index in [4.69, 9.17) is 16.3 Å². The SMILES string of the molecule is COc1cc(C(=O)NC(C)(C)c2nccs2)ccc1Cl. The Balaban J connectivity index is 2.20. The Morgan fingerprint density at radius 2 is 2.20 bits per heavy atom. The van der Waals surface area contributed by atoms with Gasteiger partial charge < -0.3 is 10.1 Å². The third-order valence-electron chi connectivity index (χ3n) is 2.81. The fourth-order valence-corrected chi connectivity index (χ4v) is 2.66. The first-order chi connectivity index (χ1) is 9.44. The number of rotatable bonds is 4. The summed E-state index contributed by atoms with van der Waals surface area (Å²) in [5.41, 5.74) is -0.0335. The molecule has 0 aliphatic carbocycles. The van der Waals surface area contributed by atoms with E-state index in [1.807, 2.05) is 19.2 Å². The van der Waals surface area contributed by atoms with Crippen molar-refractivity contribution in [1.82, 2.24) is 10.3 Å². The number of nitrogens with zero attached hydrogens (tertiary/aromatic N) is 1. The van der Waals surface area contributed by atoms with E-state index in [-0.39, 0.29) is 5.91 Å². The molecule has 1 amide bonds. The summed E-state index contributed by atoms with van der Waals surface area (Å²) in [6.07, 6.45) is 1.72. The largest absolute Gasteiger partial charge is 0.495 e. The number of thiazole rings is 1. The van der Waals surface area contributed by atoms with Crippen molar-refractivity contribution in [3.63, 3.8) is 0 Å². The zero-order chi connectivity index (χ0) is 14.8. The van der Waals surface area contributed by atoms with Crippen LogP contribution in [0.3, 0.4) is 0 Å². The van der Waals surface area contributed by atoms with Crippen LogP contribution in [0.25, 0.3) is 0 Å². The molecule has 0 radical (unpaired) electrons. The van der Waals surface area contributed by atoms with E-state index in [1.165, 1.54) is 18.4 Å². The lowest BCUT2D eigenvalue weighted by atomic mass is 10.1. The first-order valence-corrected chi connectivity index (χ1v) is 7.26. The molecule has 1 heterocycles. The summed E-state index contributed by atoms with van der Waals surface area (Å²) in [4.78, 5) is 16.5. The minimum atomic E-state index is -0.530. The van der Waals surface area contributed by atoms with Gasteiger partial charge in [0.1, 0.15) is 10.8 Å². The normalized spacial score (nSPS) is 11.2. The zero-order valence-electron chi connectivity index (χ0n) is 11.4. The second kappa shape index (κ2) is 5.81. The highest BCUT2D eigenvalue weighted by Crippen LogP contribution is 2.26. The molecule has 2 rings (SSSR count). The van der Waals surface area contributed by atoms with Crippen LogP contribution in [0.15, 0.2) is 29.8 Å². The average molecular weight is 311 g/mol. The van der Waals surface area contributed by atoms with Crippen LogP contribution >= 0.6 is 22.9 Å². The van der Waals surface area contributed by atoms with Gasteiger partial charge >= 0.3 is 0 Å². The van der Waals surface area contributed by atoms with Crippen LogP contribution in [0, 0.1) is 0 Å². The molecule has 0 unspecified atom stereocenters. The van der Waals surface area contributed by atoms with E-state index >= 15 is 0 Å². The van der Waals surface area contributed by atoms with Gasteiger partial charge in [0.25, 0.3) is 5.91 Å². The molecule has 106 valence electrons. The Kier molecular flexibility index (Phi) is 4.30. The number of carbonyl (C=O) groups is 1. The van der Waals surface area contributed by atoms with Crippen LogP contribution in [0.4, 0.5) is 0 Å². The summed E-state index contributed by atoms with van der Waals surface area (Å²) < 4.78 is 5.12. The molecule has 0 aliphatic heterocycles. The van der Waals surface area contributed by atoms with Crippen molar-refractivity contribution < 1.29 is 9.53 Å². The van der Waals surface area contributed by atoms with Crippen LogP contribution in [0.2, 0.25) is 5.02 Å². The first kappa shape index (κ1) is 14.8. The lowest BCUT2D eigenvalue weighted by Gasteiger charge is -2.24. The predicted molar refractivity (Wildman–Crippen MR) is 80.6 cm³/mol. The van der Waals surface area contributed by atoms with E-state index in [0.29, 0.717) is 16.3 Å². The van der Waals surface area contributed by atoms with Crippen molar-refractivity contribution in [3.05, 3.63) is 45.4 Å². The highest BCUT2D eigenvalue weighted by molar-refractivity contribution is 7.09. The highest BCUT2D eigenvalue weighted by Gasteiger charge is 2.26. The van der Waals surface area contributed by atoms with Crippen molar-refractivity contribution in [1.29, 1.82) is 0 Å². The molecule has 0 spiro atoms. The number of nitrogens with one attached hydrogen (secondary N) is 1. The maximum absolute atomic E-state index is 12.3. The minimum absolute atomic E-state index is 0.194. The fraction of sp³-hybridized carbons (Fsp3) is 0.286. The molecule has 6 heteroatoms. The third kappa shape index (κ3) is 3.11. The molecule has 4 nitrogen and oxygen atoms in total. The monoisotopic (exact) mass is 310 g/mol. The van der Waals surface area contributed by atoms with Gasteiger partial charge in [0.15, 0.2) is 0 Å². The van der Waals surface area contributed by atoms with Gasteiger partial charge in [-0.3, -0.25) is 4.79 Å². The Hall–Kier alpha value is -1.59. The van der Waals surface area contributed by atoms with Crippen LogP contribution in [0.5, 0.6) is 5.75 Å². The lowest BCUT2D eigenvalue weighted by Crippen LogP contribution is -2.40. The molecule has 0 bridgehead atoms. The molecular weight excluding hydrogens is 296 g/mol. The molecule has 1 aromatic carbocycles. The van der Waals surface area contributed by atoms with Gasteiger partial charge in [-0.15, -0.1) is 11.3 Å². The number of halogens is 1. The number of carbonyl (C=O) groups excluding carboxylic acids is 1. The van der Waals surface area contributed by atoms with Gasteiger partial charge in [0.2, 0.25) is 0 Å². The zero-order valence-corrected chi connectivity index (χ0v) is 13.0. The number of amides is 1. The van der Waals surface area contributed by atoms with Crippen LogP contribution in [0.1, 0.15) is 29.2 Å². The van der Waals surface area contributed by atoms with Crippen molar-refractivity contribution in [2.45, 2.75) is 19.4 Å². The summed E-state index contributed by atoms with van der Waals surface area (Å²) in [5, 5.41) is 6.17. The second-order valence-electron chi connectivity index (χ2n) is 4.77. The second-order valence-corrected chi connectivity index (χ2v) is 6.07. The molecule has 1 N–H and O–H groups in total. The van der Waals surface area contributed by atoms with Gasteiger partial charge in [-0.25, -0.2) is 4.98 Å². The topological polar surface area (TPSA) is 51.2 Å². The summed E-state index contributed by atoms with van der Waals surface area (Å²) in [6.45, 7) is 3.83. The average Bonchev–Trinajstić information content (AvgIpc) is 2.93. The highest BCUT2D eigenvalue weighted by atomic mass is 35.5. The molecule has 0 aliphatic rings. The van der Waals surface area contributed by atoms with E-state index in [0.717, 1.165) is 5.01 Å². The predicted octanol–water partition coefficient (Wildman–Crippen LogP) is 3.47. The van der Waals surface area contributed by atoms with E-state index in [1.54, 1.807) is 24.4 Å². The van der Waals surface area contributed by atoms with Crippen LogP contribution in [-0.4, -0.2) is 18.0 Å². The first-order valence-electron chi connectivity index (χ1n) is 6.00. The van der Waals surface area contributed by atoms with Gasteiger partial charge in [-0.1, -0.05) is 11.6 Å². The van der Waals surface area contributed by atoms with Crippen LogP contribution in [-0.2, 0) is 5.54 Å². The summed E-state index contributed by atoms with van der Waals surface area (Å²) in [5.74, 6) is 0.284. The van der Waals surface area contributed by atoms with Crippen LogP contribution < -0.4 is 10.1 Å². The molecule has 0 saturated heterocycles. The number of aromatic nitrogens is 1. The third-order valence-corrected chi connectivity index (χ3v) is 4.22. The van der Waals surface area contributed by atoms with Crippen molar-refractivity contribution in [2.75, 3.05) is 7.11 Å². The Morgan fingerprint density at radius 1 is 1.45 bits per heavy atom. The van der Waals surface area contributed by atoms with E-state index in [9.17, 15) is 4.79 Å².